The van der Waals surface area contributed by atoms with Crippen LogP contribution in [0.25, 0.3) is 0 Å². The van der Waals surface area contributed by atoms with Crippen LogP contribution in [0.5, 0.6) is 0 Å². The average molecular weight is 297 g/mol. The molecule has 0 aromatic carbocycles. The Kier molecular flexibility index (Phi) is 5.72. The van der Waals surface area contributed by atoms with E-state index in [0.717, 1.165) is 25.4 Å². The molecule has 0 amide bonds. The summed E-state index contributed by atoms with van der Waals surface area (Å²) in [6.45, 7) is 13.2. The van der Waals surface area contributed by atoms with Crippen LogP contribution in [0.2, 0.25) is 0 Å². The smallest absolute Gasteiger partial charge is 0.0846 e. The van der Waals surface area contributed by atoms with Crippen LogP contribution in [0.3, 0.4) is 0 Å². The van der Waals surface area contributed by atoms with E-state index in [1.165, 1.54) is 38.5 Å². The van der Waals surface area contributed by atoms with Gasteiger partial charge in [-0.1, -0.05) is 12.8 Å². The SMILES string of the molecule is CC(C)(C)OC1CCCC(CC(C)(C)ON2CCCC2)C1. The quantitative estimate of drug-likeness (QED) is 0.742. The van der Waals surface area contributed by atoms with Crippen molar-refractivity contribution in [1.29, 1.82) is 0 Å². The maximum Gasteiger partial charge on any atom is 0.0846 e. The minimum absolute atomic E-state index is 0.0197. The summed E-state index contributed by atoms with van der Waals surface area (Å²) in [5.74, 6) is 0.740. The average Bonchev–Trinajstić information content (AvgIpc) is 2.78. The Morgan fingerprint density at radius 3 is 2.24 bits per heavy atom. The Morgan fingerprint density at radius 1 is 0.952 bits per heavy atom. The molecule has 1 heterocycles. The molecule has 21 heavy (non-hydrogen) atoms. The topological polar surface area (TPSA) is 21.7 Å². The number of hydroxylamine groups is 2. The summed E-state index contributed by atoms with van der Waals surface area (Å²) >= 11 is 0. The van der Waals surface area contributed by atoms with Crippen molar-refractivity contribution < 1.29 is 9.57 Å². The largest absolute Gasteiger partial charge is 0.373 e. The van der Waals surface area contributed by atoms with Gasteiger partial charge in [-0.2, -0.15) is 5.06 Å². The lowest BCUT2D eigenvalue weighted by atomic mass is 9.80. The Bertz CT molecular complexity index is 316. The highest BCUT2D eigenvalue weighted by atomic mass is 16.7. The van der Waals surface area contributed by atoms with Crippen LogP contribution in [0.15, 0.2) is 0 Å². The van der Waals surface area contributed by atoms with Crippen molar-refractivity contribution in [2.45, 2.75) is 96.9 Å². The summed E-state index contributed by atoms with van der Waals surface area (Å²) in [7, 11) is 0. The number of hydrogen-bond acceptors (Lipinski definition) is 3. The number of nitrogens with zero attached hydrogens (tertiary/aromatic N) is 1. The standard InChI is InChI=1S/C18H35NO2/c1-17(2,3)20-16-10-8-9-15(13-16)14-18(4,5)21-19-11-6-7-12-19/h15-16H,6-14H2,1-5H3. The molecule has 124 valence electrons. The van der Waals surface area contributed by atoms with Crippen LogP contribution < -0.4 is 0 Å². The Morgan fingerprint density at radius 2 is 1.62 bits per heavy atom. The first-order valence-electron chi connectivity index (χ1n) is 8.85. The maximum absolute atomic E-state index is 6.23. The van der Waals surface area contributed by atoms with E-state index in [2.05, 4.69) is 39.7 Å². The molecule has 1 saturated carbocycles. The van der Waals surface area contributed by atoms with Crippen LogP contribution in [-0.4, -0.2) is 35.5 Å². The lowest BCUT2D eigenvalue weighted by Gasteiger charge is -2.38. The van der Waals surface area contributed by atoms with Gasteiger partial charge in [0.2, 0.25) is 0 Å². The highest BCUT2D eigenvalue weighted by molar-refractivity contribution is 4.81. The molecular weight excluding hydrogens is 262 g/mol. The van der Waals surface area contributed by atoms with Gasteiger partial charge in [-0.15, -0.1) is 0 Å². The molecule has 2 aliphatic rings. The molecule has 1 saturated heterocycles. The summed E-state index contributed by atoms with van der Waals surface area (Å²) < 4.78 is 6.21. The molecule has 0 aromatic heterocycles. The molecule has 2 rings (SSSR count). The summed E-state index contributed by atoms with van der Waals surface area (Å²) in [4.78, 5) is 6.23. The van der Waals surface area contributed by atoms with Gasteiger partial charge < -0.3 is 4.74 Å². The van der Waals surface area contributed by atoms with Crippen molar-refractivity contribution >= 4 is 0 Å². The highest BCUT2D eigenvalue weighted by Crippen LogP contribution is 2.35. The highest BCUT2D eigenvalue weighted by Gasteiger charge is 2.32. The van der Waals surface area contributed by atoms with Gasteiger partial charge in [0.25, 0.3) is 0 Å². The number of rotatable bonds is 5. The van der Waals surface area contributed by atoms with Gasteiger partial charge in [-0.25, -0.2) is 0 Å². The van der Waals surface area contributed by atoms with Crippen LogP contribution in [-0.2, 0) is 9.57 Å². The zero-order valence-corrected chi connectivity index (χ0v) is 14.8. The van der Waals surface area contributed by atoms with Gasteiger partial charge >= 0.3 is 0 Å². The maximum atomic E-state index is 6.23. The molecule has 0 N–H and O–H groups in total. The molecule has 3 heteroatoms. The summed E-state index contributed by atoms with van der Waals surface area (Å²) in [5, 5.41) is 2.17. The van der Waals surface area contributed by atoms with Crippen molar-refractivity contribution in [1.82, 2.24) is 5.06 Å². The monoisotopic (exact) mass is 297 g/mol. The minimum Gasteiger partial charge on any atom is -0.373 e. The Labute approximate surface area is 131 Å². The fraction of sp³-hybridized carbons (Fsp3) is 1.00. The zero-order valence-electron chi connectivity index (χ0n) is 14.8. The number of hydrogen-bond donors (Lipinski definition) is 0. The molecular formula is C18H35NO2. The lowest BCUT2D eigenvalue weighted by molar-refractivity contribution is -0.230. The van der Waals surface area contributed by atoms with E-state index in [9.17, 15) is 0 Å². The van der Waals surface area contributed by atoms with E-state index in [1.807, 2.05) is 0 Å². The lowest BCUT2D eigenvalue weighted by Crippen LogP contribution is -2.38. The molecule has 2 fully saturated rings. The molecule has 1 aliphatic heterocycles. The predicted molar refractivity (Wildman–Crippen MR) is 87.2 cm³/mol. The van der Waals surface area contributed by atoms with E-state index < -0.39 is 0 Å². The number of ether oxygens (including phenoxy) is 1. The molecule has 0 bridgehead atoms. The second-order valence-corrected chi connectivity index (χ2v) is 8.58. The van der Waals surface area contributed by atoms with E-state index in [-0.39, 0.29) is 11.2 Å². The molecule has 2 unspecified atom stereocenters. The second-order valence-electron chi connectivity index (χ2n) is 8.58. The summed E-state index contributed by atoms with van der Waals surface area (Å²) in [5.41, 5.74) is -0.0627. The third-order valence-corrected chi connectivity index (χ3v) is 4.48. The zero-order chi connectivity index (χ0) is 15.5. The normalized spacial score (nSPS) is 29.0. The molecule has 3 nitrogen and oxygen atoms in total. The summed E-state index contributed by atoms with van der Waals surface area (Å²) in [6.07, 6.45) is 9.19. The first kappa shape index (κ1) is 17.2. The van der Waals surface area contributed by atoms with E-state index in [4.69, 9.17) is 9.57 Å². The molecule has 0 radical (unpaired) electrons. The van der Waals surface area contributed by atoms with Gasteiger partial charge in [0.15, 0.2) is 0 Å². The molecule has 1 aliphatic carbocycles. The first-order valence-corrected chi connectivity index (χ1v) is 8.85. The van der Waals surface area contributed by atoms with Gasteiger partial charge in [-0.3, -0.25) is 4.84 Å². The summed E-state index contributed by atoms with van der Waals surface area (Å²) in [6, 6.07) is 0. The van der Waals surface area contributed by atoms with Crippen molar-refractivity contribution in [2.24, 2.45) is 5.92 Å². The molecule has 0 spiro atoms. The van der Waals surface area contributed by atoms with Gasteiger partial charge in [0.1, 0.15) is 0 Å². The van der Waals surface area contributed by atoms with Gasteiger partial charge in [0, 0.05) is 13.1 Å². The van der Waals surface area contributed by atoms with E-state index in [0.29, 0.717) is 6.10 Å². The fourth-order valence-electron chi connectivity index (χ4n) is 3.90. The third kappa shape index (κ3) is 6.25. The van der Waals surface area contributed by atoms with Gasteiger partial charge in [0.05, 0.1) is 17.3 Å². The first-order chi connectivity index (χ1) is 9.73. The van der Waals surface area contributed by atoms with Crippen LogP contribution >= 0.6 is 0 Å². The van der Waals surface area contributed by atoms with Crippen LogP contribution in [0.1, 0.15) is 79.6 Å². The molecule has 0 aromatic rings. The van der Waals surface area contributed by atoms with Crippen molar-refractivity contribution in [3.8, 4) is 0 Å². The van der Waals surface area contributed by atoms with Crippen molar-refractivity contribution in [3.05, 3.63) is 0 Å². The molecule has 2 atom stereocenters. The Hall–Kier alpha value is -0.120. The fourth-order valence-corrected chi connectivity index (χ4v) is 3.90. The predicted octanol–water partition coefficient (Wildman–Crippen LogP) is 4.56. The third-order valence-electron chi connectivity index (χ3n) is 4.48. The van der Waals surface area contributed by atoms with Crippen LogP contribution in [0.4, 0.5) is 0 Å². The van der Waals surface area contributed by atoms with Crippen molar-refractivity contribution in [3.63, 3.8) is 0 Å². The van der Waals surface area contributed by atoms with Crippen molar-refractivity contribution in [2.75, 3.05) is 13.1 Å². The van der Waals surface area contributed by atoms with Gasteiger partial charge in [-0.05, 0) is 72.6 Å². The van der Waals surface area contributed by atoms with E-state index in [1.54, 1.807) is 0 Å². The Balaban J connectivity index is 1.80. The van der Waals surface area contributed by atoms with E-state index >= 15 is 0 Å². The minimum atomic E-state index is -0.0430. The van der Waals surface area contributed by atoms with Crippen LogP contribution in [0, 0.1) is 5.92 Å². The second kappa shape index (κ2) is 6.97.